The predicted molar refractivity (Wildman–Crippen MR) is 92.3 cm³/mol. The Morgan fingerprint density at radius 1 is 1.25 bits per heavy atom. The van der Waals surface area contributed by atoms with E-state index in [1.165, 1.54) is 19.3 Å². The molecule has 0 saturated heterocycles. The summed E-state index contributed by atoms with van der Waals surface area (Å²) in [5.74, 6) is 2.05. The maximum absolute atomic E-state index is 12.0. The fourth-order valence-corrected chi connectivity index (χ4v) is 6.14. The Labute approximate surface area is 142 Å². The minimum absolute atomic E-state index is 0.0216. The topological polar surface area (TPSA) is 64.7 Å². The Kier molecular flexibility index (Phi) is 2.86. The van der Waals surface area contributed by atoms with Gasteiger partial charge in [0.1, 0.15) is 11.4 Å². The number of hydrogen-bond donors (Lipinski definition) is 1. The van der Waals surface area contributed by atoms with Crippen LogP contribution in [0.15, 0.2) is 40.1 Å². The average molecular weight is 324 g/mol. The van der Waals surface area contributed by atoms with Gasteiger partial charge in [0.2, 0.25) is 0 Å². The largest absolute Gasteiger partial charge is 0.487 e. The van der Waals surface area contributed by atoms with Crippen molar-refractivity contribution in [1.29, 1.82) is 0 Å². The molecule has 6 rings (SSSR count). The molecular weight excluding hydrogens is 300 g/mol. The van der Waals surface area contributed by atoms with Crippen LogP contribution < -0.4 is 5.73 Å². The van der Waals surface area contributed by atoms with Gasteiger partial charge in [-0.25, -0.2) is 4.99 Å². The number of ether oxygens (including phenoxy) is 1. The van der Waals surface area contributed by atoms with Crippen LogP contribution >= 0.6 is 0 Å². The van der Waals surface area contributed by atoms with E-state index in [-0.39, 0.29) is 23.0 Å². The number of dihydropyridines is 1. The van der Waals surface area contributed by atoms with Crippen molar-refractivity contribution in [1.82, 2.24) is 0 Å². The van der Waals surface area contributed by atoms with Crippen LogP contribution in [0.25, 0.3) is 0 Å². The maximum Gasteiger partial charge on any atom is 0.257 e. The monoisotopic (exact) mass is 324 g/mol. The van der Waals surface area contributed by atoms with Crippen molar-refractivity contribution in [2.24, 2.45) is 28.5 Å². The molecule has 4 heteroatoms. The number of hydrogen-bond acceptors (Lipinski definition) is 3. The summed E-state index contributed by atoms with van der Waals surface area (Å²) in [7, 11) is 0. The first-order valence-corrected chi connectivity index (χ1v) is 9.10. The van der Waals surface area contributed by atoms with Crippen molar-refractivity contribution in [3.8, 4) is 0 Å². The molecule has 3 unspecified atom stereocenters. The van der Waals surface area contributed by atoms with E-state index in [0.717, 1.165) is 48.0 Å². The molecule has 1 amide bonds. The van der Waals surface area contributed by atoms with E-state index in [9.17, 15) is 4.79 Å². The molecule has 24 heavy (non-hydrogen) atoms. The van der Waals surface area contributed by atoms with Crippen LogP contribution in [0.4, 0.5) is 0 Å². The summed E-state index contributed by atoms with van der Waals surface area (Å²) in [6.45, 7) is 2.03. The third-order valence-electron chi connectivity index (χ3n) is 6.58. The molecule has 4 fully saturated rings. The SMILES string of the molecule is CC1=CC2C(=O)N=CC=C2C=C1OC12CC3CC(CC(N)(C3)C1)C2. The number of allylic oxidation sites excluding steroid dienone is 3. The smallest absolute Gasteiger partial charge is 0.257 e. The van der Waals surface area contributed by atoms with Crippen molar-refractivity contribution < 1.29 is 9.53 Å². The van der Waals surface area contributed by atoms with Gasteiger partial charge in [-0.3, -0.25) is 4.79 Å². The molecule has 3 atom stereocenters. The Balaban J connectivity index is 1.46. The molecule has 0 aromatic heterocycles. The van der Waals surface area contributed by atoms with Crippen molar-refractivity contribution in [2.75, 3.05) is 0 Å². The molecule has 0 spiro atoms. The number of aliphatic imine (C=N–C) groups is 1. The molecule has 2 N–H and O–H groups in total. The van der Waals surface area contributed by atoms with Gasteiger partial charge in [-0.05, 0) is 74.2 Å². The number of fused-ring (bicyclic) bond motifs is 1. The van der Waals surface area contributed by atoms with E-state index in [1.807, 2.05) is 25.2 Å². The van der Waals surface area contributed by atoms with Gasteiger partial charge in [-0.1, -0.05) is 6.08 Å². The van der Waals surface area contributed by atoms with E-state index in [4.69, 9.17) is 10.5 Å². The van der Waals surface area contributed by atoms with Crippen LogP contribution in [0.3, 0.4) is 0 Å². The fraction of sp³-hybridized carbons (Fsp3) is 0.600. The van der Waals surface area contributed by atoms with Gasteiger partial charge in [-0.2, -0.15) is 0 Å². The van der Waals surface area contributed by atoms with Gasteiger partial charge >= 0.3 is 0 Å². The van der Waals surface area contributed by atoms with Crippen LogP contribution in [0.2, 0.25) is 0 Å². The van der Waals surface area contributed by atoms with Gasteiger partial charge in [0.15, 0.2) is 0 Å². The van der Waals surface area contributed by atoms with Gasteiger partial charge in [0, 0.05) is 18.2 Å². The number of carbonyl (C=O) groups is 1. The highest BCUT2D eigenvalue weighted by atomic mass is 16.5. The van der Waals surface area contributed by atoms with Crippen LogP contribution in [0.1, 0.15) is 45.4 Å². The minimum Gasteiger partial charge on any atom is -0.487 e. The van der Waals surface area contributed by atoms with Gasteiger partial charge < -0.3 is 10.5 Å². The zero-order valence-corrected chi connectivity index (χ0v) is 14.1. The maximum atomic E-state index is 12.0. The molecular formula is C20H24N2O2. The summed E-state index contributed by atoms with van der Waals surface area (Å²) in [4.78, 5) is 15.9. The standard InChI is InChI=1S/C20H24N2O2/c1-12-4-16-15(2-3-22-18(16)23)6-17(12)24-20-9-13-5-14(10-20)8-19(21,7-13)11-20/h2-4,6,13-14,16H,5,7-11,21H2,1H3. The van der Waals surface area contributed by atoms with E-state index in [1.54, 1.807) is 6.21 Å². The molecule has 1 aliphatic heterocycles. The van der Waals surface area contributed by atoms with E-state index >= 15 is 0 Å². The highest BCUT2D eigenvalue weighted by Crippen LogP contribution is 2.58. The van der Waals surface area contributed by atoms with E-state index in [0.29, 0.717) is 0 Å². The highest BCUT2D eigenvalue weighted by Gasteiger charge is 2.58. The van der Waals surface area contributed by atoms with Crippen LogP contribution in [-0.4, -0.2) is 23.3 Å². The third-order valence-corrected chi connectivity index (χ3v) is 6.58. The minimum atomic E-state index is -0.237. The van der Waals surface area contributed by atoms with E-state index < -0.39 is 0 Å². The number of nitrogens with two attached hydrogens (primary N) is 1. The van der Waals surface area contributed by atoms with Crippen LogP contribution in [0.5, 0.6) is 0 Å². The Hall–Kier alpha value is -1.68. The second kappa shape index (κ2) is 4.69. The lowest BCUT2D eigenvalue weighted by atomic mass is 9.51. The molecule has 4 bridgehead atoms. The summed E-state index contributed by atoms with van der Waals surface area (Å²) in [5.41, 5.74) is 8.60. The predicted octanol–water partition coefficient (Wildman–Crippen LogP) is 3.05. The summed E-state index contributed by atoms with van der Waals surface area (Å²) >= 11 is 0. The molecule has 4 nitrogen and oxygen atoms in total. The lowest BCUT2D eigenvalue weighted by Crippen LogP contribution is -2.63. The molecule has 6 aliphatic rings. The second-order valence-electron chi connectivity index (χ2n) is 8.73. The summed E-state index contributed by atoms with van der Waals surface area (Å²) < 4.78 is 6.67. The molecule has 0 aromatic rings. The third kappa shape index (κ3) is 2.16. The molecule has 4 saturated carbocycles. The van der Waals surface area contributed by atoms with Crippen LogP contribution in [-0.2, 0) is 9.53 Å². The normalized spacial score (nSPS) is 45.5. The Morgan fingerprint density at radius 3 is 2.71 bits per heavy atom. The number of nitrogens with zero attached hydrogens (tertiary/aromatic N) is 1. The lowest BCUT2D eigenvalue weighted by molar-refractivity contribution is -0.145. The molecule has 0 aromatic carbocycles. The fourth-order valence-electron chi connectivity index (χ4n) is 6.14. The zero-order valence-electron chi connectivity index (χ0n) is 14.1. The second-order valence-corrected chi connectivity index (χ2v) is 8.73. The number of carbonyl (C=O) groups excluding carboxylic acids is 1. The van der Waals surface area contributed by atoms with Crippen LogP contribution in [0, 0.1) is 17.8 Å². The quantitative estimate of drug-likeness (QED) is 0.849. The number of rotatable bonds is 2. The zero-order chi connectivity index (χ0) is 16.5. The lowest BCUT2D eigenvalue weighted by Gasteiger charge is -2.60. The van der Waals surface area contributed by atoms with Crippen molar-refractivity contribution >= 4 is 12.1 Å². The van der Waals surface area contributed by atoms with Gasteiger partial charge in [-0.15, -0.1) is 0 Å². The Bertz CT molecular complexity index is 729. The van der Waals surface area contributed by atoms with Crippen molar-refractivity contribution in [2.45, 2.75) is 56.6 Å². The van der Waals surface area contributed by atoms with Gasteiger partial charge in [0.25, 0.3) is 5.91 Å². The number of amides is 1. The first-order valence-electron chi connectivity index (χ1n) is 9.10. The summed E-state index contributed by atoms with van der Waals surface area (Å²) in [6.07, 6.45) is 14.5. The first kappa shape index (κ1) is 14.6. The molecule has 5 aliphatic carbocycles. The first-order chi connectivity index (χ1) is 11.4. The van der Waals surface area contributed by atoms with Gasteiger partial charge in [0.05, 0.1) is 5.92 Å². The highest BCUT2D eigenvalue weighted by molar-refractivity contribution is 5.98. The molecule has 1 heterocycles. The van der Waals surface area contributed by atoms with Crippen molar-refractivity contribution in [3.63, 3.8) is 0 Å². The molecule has 0 radical (unpaired) electrons. The van der Waals surface area contributed by atoms with Crippen molar-refractivity contribution in [3.05, 3.63) is 35.1 Å². The average Bonchev–Trinajstić information content (AvgIpc) is 2.46. The Morgan fingerprint density at radius 2 is 2.00 bits per heavy atom. The summed E-state index contributed by atoms with van der Waals surface area (Å²) in [6, 6.07) is 0. The van der Waals surface area contributed by atoms with E-state index in [2.05, 4.69) is 4.99 Å². The summed E-state index contributed by atoms with van der Waals surface area (Å²) in [5, 5.41) is 0. The molecule has 126 valence electrons.